The zero-order chi connectivity index (χ0) is 8.72. The van der Waals surface area contributed by atoms with E-state index >= 15 is 0 Å². The van der Waals surface area contributed by atoms with Crippen LogP contribution in [0, 0.1) is 0 Å². The molecule has 2 rings (SSSR count). The molecule has 5 unspecified atom stereocenters. The second-order valence-corrected chi connectivity index (χ2v) is 3.13. The van der Waals surface area contributed by atoms with Crippen LogP contribution in [0.5, 0.6) is 0 Å². The van der Waals surface area contributed by atoms with Crippen LogP contribution in [0.4, 0.5) is 0 Å². The van der Waals surface area contributed by atoms with Crippen LogP contribution in [0.25, 0.3) is 10.4 Å². The first-order valence-corrected chi connectivity index (χ1v) is 3.80. The highest BCUT2D eigenvalue weighted by atomic mass is 16.6. The first-order chi connectivity index (χ1) is 5.74. The Morgan fingerprint density at radius 3 is 2.83 bits per heavy atom. The zero-order valence-electron chi connectivity index (χ0n) is 6.24. The normalized spacial score (nSPS) is 50.7. The maximum atomic E-state index is 9.37. The molecule has 6 nitrogen and oxygen atoms in total. The van der Waals surface area contributed by atoms with Gasteiger partial charge in [0.15, 0.2) is 0 Å². The van der Waals surface area contributed by atoms with Crippen molar-refractivity contribution in [3.05, 3.63) is 10.4 Å². The molecule has 0 aromatic heterocycles. The monoisotopic (exact) mass is 171 g/mol. The van der Waals surface area contributed by atoms with Gasteiger partial charge in [-0.15, -0.1) is 0 Å². The van der Waals surface area contributed by atoms with E-state index in [1.165, 1.54) is 0 Å². The molecule has 12 heavy (non-hydrogen) atoms. The Balaban J connectivity index is 2.10. The number of aliphatic hydroxyl groups excluding tert-OH is 2. The van der Waals surface area contributed by atoms with Crippen molar-refractivity contribution in [2.24, 2.45) is 5.11 Å². The van der Waals surface area contributed by atoms with E-state index in [0.29, 0.717) is 6.42 Å². The maximum absolute atomic E-state index is 9.37. The van der Waals surface area contributed by atoms with E-state index in [1.54, 1.807) is 0 Å². The first kappa shape index (κ1) is 7.82. The largest absolute Gasteiger partial charge is 0.390 e. The van der Waals surface area contributed by atoms with Gasteiger partial charge in [-0.25, -0.2) is 0 Å². The highest BCUT2D eigenvalue weighted by Crippen LogP contribution is 2.38. The Kier molecular flexibility index (Phi) is 1.69. The summed E-state index contributed by atoms with van der Waals surface area (Å²) in [6, 6.07) is -0.547. The van der Waals surface area contributed by atoms with E-state index in [9.17, 15) is 10.2 Å². The third-order valence-corrected chi connectivity index (χ3v) is 2.38. The zero-order valence-corrected chi connectivity index (χ0v) is 6.24. The molecule has 0 aromatic rings. The number of aliphatic hydroxyl groups is 2. The number of fused-ring (bicyclic) bond motifs is 1. The van der Waals surface area contributed by atoms with Crippen LogP contribution < -0.4 is 0 Å². The lowest BCUT2D eigenvalue weighted by Crippen LogP contribution is -2.44. The molecule has 5 atom stereocenters. The lowest BCUT2D eigenvalue weighted by molar-refractivity contribution is -0.0157. The minimum atomic E-state index is -0.982. The molecule has 0 aromatic carbocycles. The molecule has 2 aliphatic rings. The summed E-state index contributed by atoms with van der Waals surface area (Å²) in [6.07, 6.45) is -1.65. The minimum absolute atomic E-state index is 0.0288. The summed E-state index contributed by atoms with van der Waals surface area (Å²) in [5, 5.41) is 22.1. The van der Waals surface area contributed by atoms with Crippen LogP contribution in [-0.4, -0.2) is 40.7 Å². The van der Waals surface area contributed by atoms with Gasteiger partial charge in [-0.3, -0.25) is 0 Å². The molecule has 1 heterocycles. The van der Waals surface area contributed by atoms with E-state index in [-0.39, 0.29) is 12.2 Å². The van der Waals surface area contributed by atoms with Crippen LogP contribution in [0.2, 0.25) is 0 Å². The quantitative estimate of drug-likeness (QED) is 0.242. The third kappa shape index (κ3) is 1.05. The number of nitrogens with zero attached hydrogens (tertiary/aromatic N) is 3. The smallest absolute Gasteiger partial charge is 0.113 e. The lowest BCUT2D eigenvalue weighted by atomic mass is 9.91. The molecule has 1 aliphatic heterocycles. The molecule has 0 spiro atoms. The lowest BCUT2D eigenvalue weighted by Gasteiger charge is -2.25. The first-order valence-electron chi connectivity index (χ1n) is 3.80. The SMILES string of the molecule is [N-]=[N+]=NC1CC2OC2C(O)C1O. The average molecular weight is 171 g/mol. The second kappa shape index (κ2) is 2.60. The van der Waals surface area contributed by atoms with E-state index in [2.05, 4.69) is 10.0 Å². The fraction of sp³-hybridized carbons (Fsp3) is 1.00. The van der Waals surface area contributed by atoms with Gasteiger partial charge < -0.3 is 14.9 Å². The van der Waals surface area contributed by atoms with Crippen molar-refractivity contribution >= 4 is 0 Å². The van der Waals surface area contributed by atoms with Crippen LogP contribution in [0.1, 0.15) is 6.42 Å². The molecule has 2 fully saturated rings. The Morgan fingerprint density at radius 2 is 2.17 bits per heavy atom. The average Bonchev–Trinajstić information content (AvgIpc) is 2.79. The summed E-state index contributed by atoms with van der Waals surface area (Å²) in [6.45, 7) is 0. The molecule has 1 saturated heterocycles. The summed E-state index contributed by atoms with van der Waals surface area (Å²) in [7, 11) is 0. The predicted octanol–water partition coefficient (Wildman–Crippen LogP) is -0.442. The molecular weight excluding hydrogens is 162 g/mol. The molecule has 66 valence electrons. The molecule has 0 radical (unpaired) electrons. The van der Waals surface area contributed by atoms with Crippen molar-refractivity contribution in [1.29, 1.82) is 0 Å². The van der Waals surface area contributed by atoms with Crippen molar-refractivity contribution in [2.75, 3.05) is 0 Å². The Labute approximate surface area is 68.4 Å². The van der Waals surface area contributed by atoms with Gasteiger partial charge in [-0.1, -0.05) is 5.11 Å². The highest BCUT2D eigenvalue weighted by Gasteiger charge is 2.54. The van der Waals surface area contributed by atoms with Gasteiger partial charge in [0.1, 0.15) is 12.2 Å². The number of epoxide rings is 1. The molecule has 1 aliphatic carbocycles. The van der Waals surface area contributed by atoms with Gasteiger partial charge in [0, 0.05) is 4.91 Å². The van der Waals surface area contributed by atoms with Crippen molar-refractivity contribution < 1.29 is 14.9 Å². The second-order valence-electron chi connectivity index (χ2n) is 3.13. The van der Waals surface area contributed by atoms with Crippen LogP contribution >= 0.6 is 0 Å². The number of azide groups is 1. The predicted molar refractivity (Wildman–Crippen MR) is 38.2 cm³/mol. The van der Waals surface area contributed by atoms with E-state index in [1.807, 2.05) is 0 Å². The van der Waals surface area contributed by atoms with Gasteiger partial charge in [0.25, 0.3) is 0 Å². The van der Waals surface area contributed by atoms with Crippen molar-refractivity contribution in [3.8, 4) is 0 Å². The summed E-state index contributed by atoms with van der Waals surface area (Å²) >= 11 is 0. The number of rotatable bonds is 1. The van der Waals surface area contributed by atoms with Gasteiger partial charge >= 0.3 is 0 Å². The van der Waals surface area contributed by atoms with Gasteiger partial charge in [-0.05, 0) is 12.0 Å². The van der Waals surface area contributed by atoms with Crippen molar-refractivity contribution in [1.82, 2.24) is 0 Å². The summed E-state index contributed by atoms with van der Waals surface area (Å²) in [5.41, 5.74) is 8.15. The molecule has 0 bridgehead atoms. The number of ether oxygens (including phenoxy) is 1. The molecule has 2 N–H and O–H groups in total. The highest BCUT2D eigenvalue weighted by molar-refractivity contribution is 5.05. The van der Waals surface area contributed by atoms with Gasteiger partial charge in [0.05, 0.1) is 18.2 Å². The number of hydrogen-bond donors (Lipinski definition) is 2. The van der Waals surface area contributed by atoms with Crippen LogP contribution in [0.15, 0.2) is 5.11 Å². The standard InChI is InChI=1S/C6H9N3O3/c7-9-8-2-1-3-6(12-3)5(11)4(2)10/h2-6,10-11H,1H2. The van der Waals surface area contributed by atoms with E-state index < -0.39 is 18.2 Å². The van der Waals surface area contributed by atoms with Crippen LogP contribution in [0.3, 0.4) is 0 Å². The van der Waals surface area contributed by atoms with Crippen molar-refractivity contribution in [3.63, 3.8) is 0 Å². The topological polar surface area (TPSA) is 102 Å². The van der Waals surface area contributed by atoms with Crippen LogP contribution in [-0.2, 0) is 4.74 Å². The molecule has 6 heteroatoms. The minimum Gasteiger partial charge on any atom is -0.390 e. The van der Waals surface area contributed by atoms with Crippen molar-refractivity contribution in [2.45, 2.75) is 36.9 Å². The summed E-state index contributed by atoms with van der Waals surface area (Å²) in [4.78, 5) is 2.60. The molecule has 1 saturated carbocycles. The number of hydrogen-bond acceptors (Lipinski definition) is 4. The summed E-state index contributed by atoms with van der Waals surface area (Å²) < 4.78 is 5.04. The Morgan fingerprint density at radius 1 is 1.42 bits per heavy atom. The van der Waals surface area contributed by atoms with Gasteiger partial charge in [-0.2, -0.15) is 0 Å². The Hall–Kier alpha value is -0.810. The van der Waals surface area contributed by atoms with E-state index in [0.717, 1.165) is 0 Å². The maximum Gasteiger partial charge on any atom is 0.113 e. The molecule has 0 amide bonds. The molecular formula is C6H9N3O3. The fourth-order valence-electron chi connectivity index (χ4n) is 1.63. The Bertz CT molecular complexity index is 240. The summed E-state index contributed by atoms with van der Waals surface area (Å²) in [5.74, 6) is 0. The fourth-order valence-corrected chi connectivity index (χ4v) is 1.63. The van der Waals surface area contributed by atoms with Gasteiger partial charge in [0.2, 0.25) is 0 Å². The third-order valence-electron chi connectivity index (χ3n) is 2.38. The van der Waals surface area contributed by atoms with E-state index in [4.69, 9.17) is 10.3 Å².